The van der Waals surface area contributed by atoms with Crippen LogP contribution < -0.4 is 4.57 Å². The number of para-hydroxylation sites is 1. The van der Waals surface area contributed by atoms with E-state index in [0.29, 0.717) is 0 Å². The molecular formula is C23H19N2O+. The zero-order valence-electron chi connectivity index (χ0n) is 17.6. The molecule has 0 fully saturated rings. The molecule has 2 aromatic heterocycles. The van der Waals surface area contributed by atoms with E-state index >= 15 is 0 Å². The molecule has 3 nitrogen and oxygen atoms in total. The van der Waals surface area contributed by atoms with Crippen LogP contribution >= 0.6 is 0 Å². The quantitative estimate of drug-likeness (QED) is 0.390. The second-order valence-electron chi connectivity index (χ2n) is 6.62. The number of fused-ring (bicyclic) bond motifs is 5. The number of hydrogen-bond acceptors (Lipinski definition) is 2. The third kappa shape index (κ3) is 2.00. The number of benzene rings is 3. The van der Waals surface area contributed by atoms with Crippen molar-refractivity contribution in [2.45, 2.75) is 13.8 Å². The normalized spacial score (nSPS) is 13.8. The molecule has 0 saturated carbocycles. The minimum Gasteiger partial charge on any atom is -0.455 e. The molecule has 0 aliphatic carbocycles. The van der Waals surface area contributed by atoms with Gasteiger partial charge in [0, 0.05) is 14.9 Å². The monoisotopic (exact) mass is 342 g/mol. The van der Waals surface area contributed by atoms with Crippen molar-refractivity contribution < 1.29 is 13.1 Å². The second kappa shape index (κ2) is 5.40. The molecule has 0 saturated heterocycles. The van der Waals surface area contributed by atoms with Crippen LogP contribution in [0.3, 0.4) is 0 Å². The Bertz CT molecular complexity index is 1420. The predicted molar refractivity (Wildman–Crippen MR) is 105 cm³/mol. The SMILES string of the molecule is [2H]C([2H])([2H])c1c[n+](C)c(-c2c(C)c3ccccc3c3c2oc2ccccc23)cn1. The van der Waals surface area contributed by atoms with E-state index in [0.717, 1.165) is 49.5 Å². The number of nitrogens with zero attached hydrogens (tertiary/aromatic N) is 2. The van der Waals surface area contributed by atoms with Crippen LogP contribution in [0.25, 0.3) is 44.0 Å². The van der Waals surface area contributed by atoms with Crippen molar-refractivity contribution in [1.82, 2.24) is 4.98 Å². The first-order valence-corrected chi connectivity index (χ1v) is 8.55. The Hall–Kier alpha value is -3.20. The van der Waals surface area contributed by atoms with Crippen molar-refractivity contribution in [2.24, 2.45) is 7.05 Å². The molecule has 5 rings (SSSR count). The van der Waals surface area contributed by atoms with Crippen LogP contribution in [-0.4, -0.2) is 4.98 Å². The van der Waals surface area contributed by atoms with Gasteiger partial charge in [-0.15, -0.1) is 0 Å². The average Bonchev–Trinajstić information content (AvgIpc) is 3.07. The summed E-state index contributed by atoms with van der Waals surface area (Å²) < 4.78 is 31.1. The highest BCUT2D eigenvalue weighted by Crippen LogP contribution is 2.42. The summed E-state index contributed by atoms with van der Waals surface area (Å²) in [4.78, 5) is 4.24. The standard InChI is InChI=1S/C23H19N2O/c1-14-13-25(3)19(12-24-14)21-15(2)16-8-4-5-9-17(16)22-18-10-6-7-11-20(18)26-23(21)22/h4-13H,1-3H3/q+1/i1D3. The fourth-order valence-electron chi connectivity index (χ4n) is 3.88. The summed E-state index contributed by atoms with van der Waals surface area (Å²) in [7, 11) is 1.84. The highest BCUT2D eigenvalue weighted by Gasteiger charge is 2.24. The van der Waals surface area contributed by atoms with E-state index in [1.807, 2.05) is 41.9 Å². The molecular weight excluding hydrogens is 320 g/mol. The lowest BCUT2D eigenvalue weighted by atomic mass is 9.93. The molecule has 0 amide bonds. The van der Waals surface area contributed by atoms with Gasteiger partial charge in [0.25, 0.3) is 0 Å². The van der Waals surface area contributed by atoms with Gasteiger partial charge in [-0.1, -0.05) is 42.5 Å². The topological polar surface area (TPSA) is 29.9 Å². The van der Waals surface area contributed by atoms with Crippen LogP contribution in [-0.2, 0) is 7.05 Å². The van der Waals surface area contributed by atoms with E-state index in [4.69, 9.17) is 8.53 Å². The molecule has 3 heteroatoms. The lowest BCUT2D eigenvalue weighted by Crippen LogP contribution is -2.31. The Kier molecular flexibility index (Phi) is 2.53. The zero-order chi connectivity index (χ0) is 20.3. The van der Waals surface area contributed by atoms with Gasteiger partial charge < -0.3 is 4.42 Å². The molecule has 0 bridgehead atoms. The fraction of sp³-hybridized carbons (Fsp3) is 0.130. The van der Waals surface area contributed by atoms with Crippen LogP contribution in [0.5, 0.6) is 0 Å². The summed E-state index contributed by atoms with van der Waals surface area (Å²) in [5.41, 5.74) is 4.51. The van der Waals surface area contributed by atoms with E-state index in [2.05, 4.69) is 30.1 Å². The van der Waals surface area contributed by atoms with Crippen LogP contribution in [0.4, 0.5) is 0 Å². The highest BCUT2D eigenvalue weighted by molar-refractivity contribution is 6.23. The summed E-state index contributed by atoms with van der Waals surface area (Å²) in [6.45, 7) is -0.175. The maximum atomic E-state index is 7.64. The van der Waals surface area contributed by atoms with Crippen LogP contribution in [0, 0.1) is 13.8 Å². The van der Waals surface area contributed by atoms with Gasteiger partial charge in [-0.05, 0) is 36.2 Å². The first-order chi connectivity index (χ1) is 13.9. The summed E-state index contributed by atoms with van der Waals surface area (Å²) in [6.07, 6.45) is 3.21. The lowest BCUT2D eigenvalue weighted by Gasteiger charge is -2.10. The number of aromatic nitrogens is 2. The fourth-order valence-corrected chi connectivity index (χ4v) is 3.88. The second-order valence-corrected chi connectivity index (χ2v) is 6.62. The van der Waals surface area contributed by atoms with Gasteiger partial charge in [0.1, 0.15) is 23.9 Å². The molecule has 3 aromatic carbocycles. The van der Waals surface area contributed by atoms with E-state index in [1.54, 1.807) is 12.4 Å². The van der Waals surface area contributed by atoms with Gasteiger partial charge in [-0.2, -0.15) is 4.57 Å². The number of furan rings is 1. The Labute approximate surface area is 155 Å². The molecule has 0 aliphatic heterocycles. The third-order valence-electron chi connectivity index (χ3n) is 5.08. The molecule has 0 aliphatic rings. The number of aryl methyl sites for hydroxylation is 3. The van der Waals surface area contributed by atoms with Crippen molar-refractivity contribution >= 4 is 32.7 Å². The van der Waals surface area contributed by atoms with E-state index in [9.17, 15) is 0 Å². The number of rotatable bonds is 1. The molecule has 26 heavy (non-hydrogen) atoms. The van der Waals surface area contributed by atoms with Gasteiger partial charge in [0.05, 0.1) is 11.8 Å². The van der Waals surface area contributed by atoms with Crippen LogP contribution in [0.1, 0.15) is 15.4 Å². The van der Waals surface area contributed by atoms with Gasteiger partial charge in [0.2, 0.25) is 5.69 Å². The lowest BCUT2D eigenvalue weighted by molar-refractivity contribution is -0.661. The summed E-state index contributed by atoms with van der Waals surface area (Å²) in [5.74, 6) is 0. The summed E-state index contributed by atoms with van der Waals surface area (Å²) in [6, 6.07) is 16.3. The first kappa shape index (κ1) is 12.2. The van der Waals surface area contributed by atoms with Crippen molar-refractivity contribution in [3.05, 3.63) is 72.2 Å². The zero-order valence-corrected chi connectivity index (χ0v) is 14.6. The van der Waals surface area contributed by atoms with E-state index in [1.165, 1.54) is 0 Å². The molecule has 126 valence electrons. The van der Waals surface area contributed by atoms with Crippen LogP contribution in [0.2, 0.25) is 0 Å². The van der Waals surface area contributed by atoms with Gasteiger partial charge >= 0.3 is 0 Å². The molecule has 0 atom stereocenters. The Morgan fingerprint density at radius 3 is 2.50 bits per heavy atom. The Balaban J connectivity index is 1.95. The molecule has 0 spiro atoms. The smallest absolute Gasteiger partial charge is 0.234 e. The van der Waals surface area contributed by atoms with Gasteiger partial charge in [-0.25, -0.2) is 4.98 Å². The molecule has 2 heterocycles. The summed E-state index contributed by atoms with van der Waals surface area (Å²) in [5, 5.41) is 4.41. The largest absolute Gasteiger partial charge is 0.455 e. The maximum Gasteiger partial charge on any atom is 0.234 e. The molecule has 0 unspecified atom stereocenters. The highest BCUT2D eigenvalue weighted by atomic mass is 16.3. The minimum atomic E-state index is -2.25. The van der Waals surface area contributed by atoms with Crippen LogP contribution in [0.15, 0.2) is 65.3 Å². The minimum absolute atomic E-state index is 0.0723. The Morgan fingerprint density at radius 2 is 1.73 bits per heavy atom. The van der Waals surface area contributed by atoms with E-state index < -0.39 is 6.85 Å². The predicted octanol–water partition coefficient (Wildman–Crippen LogP) is 5.24. The van der Waals surface area contributed by atoms with Crippen molar-refractivity contribution in [3.63, 3.8) is 0 Å². The van der Waals surface area contributed by atoms with Gasteiger partial charge in [-0.3, -0.25) is 0 Å². The van der Waals surface area contributed by atoms with Gasteiger partial charge in [0.15, 0.2) is 6.20 Å². The molecule has 0 radical (unpaired) electrons. The summed E-state index contributed by atoms with van der Waals surface area (Å²) >= 11 is 0. The Morgan fingerprint density at radius 1 is 1.00 bits per heavy atom. The molecule has 5 aromatic rings. The van der Waals surface area contributed by atoms with Crippen molar-refractivity contribution in [3.8, 4) is 11.3 Å². The van der Waals surface area contributed by atoms with Crippen molar-refractivity contribution in [1.29, 1.82) is 0 Å². The number of hydrogen-bond donors (Lipinski definition) is 0. The third-order valence-corrected chi connectivity index (χ3v) is 5.08. The average molecular weight is 342 g/mol. The van der Waals surface area contributed by atoms with E-state index in [-0.39, 0.29) is 5.69 Å². The van der Waals surface area contributed by atoms with Crippen molar-refractivity contribution in [2.75, 3.05) is 0 Å². The first-order valence-electron chi connectivity index (χ1n) is 10.1. The maximum absolute atomic E-state index is 7.64. The molecule has 0 N–H and O–H groups in total.